The lowest BCUT2D eigenvalue weighted by Gasteiger charge is -2.10. The van der Waals surface area contributed by atoms with Crippen LogP contribution in [0, 0.1) is 5.82 Å². The molecule has 4 rings (SSSR count). The molecule has 0 fully saturated rings. The van der Waals surface area contributed by atoms with Gasteiger partial charge < -0.3 is 14.2 Å². The minimum absolute atomic E-state index is 0.120. The van der Waals surface area contributed by atoms with Crippen LogP contribution in [0.2, 0.25) is 0 Å². The van der Waals surface area contributed by atoms with Crippen molar-refractivity contribution in [3.05, 3.63) is 71.1 Å². The van der Waals surface area contributed by atoms with Crippen molar-refractivity contribution in [2.75, 3.05) is 14.2 Å². The van der Waals surface area contributed by atoms with Crippen LogP contribution >= 0.6 is 11.3 Å². The molecule has 7 nitrogen and oxygen atoms in total. The molecule has 0 saturated heterocycles. The molecule has 0 aliphatic heterocycles. The summed E-state index contributed by atoms with van der Waals surface area (Å²) in [5.74, 6) is -1.19. The van der Waals surface area contributed by atoms with E-state index in [0.29, 0.717) is 10.2 Å². The molecule has 4 aromatic rings. The van der Waals surface area contributed by atoms with E-state index in [2.05, 4.69) is 9.97 Å². The molecule has 156 valence electrons. The predicted octanol–water partition coefficient (Wildman–Crippen LogP) is 4.86. The third-order valence-corrected chi connectivity index (χ3v) is 5.34. The number of nitrogens with zero attached hydrogens (tertiary/aromatic N) is 2. The summed E-state index contributed by atoms with van der Waals surface area (Å²) in [6, 6.07) is 10.3. The highest BCUT2D eigenvalue weighted by Crippen LogP contribution is 2.39. The average Bonchev–Trinajstić information content (AvgIpc) is 3.23. The third kappa shape index (κ3) is 4.08. The molecule has 0 aliphatic carbocycles. The molecule has 0 saturated carbocycles. The second-order valence-electron chi connectivity index (χ2n) is 6.35. The normalized spacial score (nSPS) is 10.7. The topological polar surface area (TPSA) is 87.6 Å². The average molecular weight is 438 g/mol. The van der Waals surface area contributed by atoms with E-state index < -0.39 is 11.9 Å². The van der Waals surface area contributed by atoms with Crippen molar-refractivity contribution in [3.63, 3.8) is 0 Å². The molecule has 2 aromatic heterocycles. The summed E-state index contributed by atoms with van der Waals surface area (Å²) in [6.45, 7) is 0. The second kappa shape index (κ2) is 8.49. The lowest BCUT2D eigenvalue weighted by atomic mass is 10.1. The number of esters is 2. The molecule has 31 heavy (non-hydrogen) atoms. The Labute approximate surface area is 180 Å². The van der Waals surface area contributed by atoms with E-state index in [1.807, 2.05) is 5.38 Å². The van der Waals surface area contributed by atoms with Crippen LogP contribution in [0.4, 0.5) is 4.39 Å². The summed E-state index contributed by atoms with van der Waals surface area (Å²) in [6.07, 6.45) is 1.36. The molecular weight excluding hydrogens is 423 g/mol. The molecule has 0 bridgehead atoms. The largest absolute Gasteiger partial charge is 0.465 e. The van der Waals surface area contributed by atoms with Gasteiger partial charge in [0, 0.05) is 10.9 Å². The number of hydrogen-bond donors (Lipinski definition) is 0. The minimum Gasteiger partial charge on any atom is -0.465 e. The van der Waals surface area contributed by atoms with Gasteiger partial charge in [0.2, 0.25) is 5.88 Å². The minimum atomic E-state index is -0.633. The smallest absolute Gasteiger partial charge is 0.338 e. The van der Waals surface area contributed by atoms with Crippen molar-refractivity contribution in [2.45, 2.75) is 0 Å². The number of fused-ring (bicyclic) bond motifs is 1. The summed E-state index contributed by atoms with van der Waals surface area (Å²) in [7, 11) is 2.48. The van der Waals surface area contributed by atoms with Crippen molar-refractivity contribution in [1.82, 2.24) is 9.97 Å². The number of benzene rings is 2. The van der Waals surface area contributed by atoms with Crippen LogP contribution in [0.15, 0.2) is 54.2 Å². The molecule has 2 heterocycles. The highest BCUT2D eigenvalue weighted by molar-refractivity contribution is 7.17. The van der Waals surface area contributed by atoms with Crippen molar-refractivity contribution in [3.8, 4) is 22.8 Å². The number of hydrogen-bond acceptors (Lipinski definition) is 8. The summed E-state index contributed by atoms with van der Waals surface area (Å²) in [5, 5.41) is 2.51. The van der Waals surface area contributed by atoms with E-state index in [4.69, 9.17) is 14.2 Å². The van der Waals surface area contributed by atoms with Crippen LogP contribution in [0.1, 0.15) is 20.7 Å². The zero-order valence-corrected chi connectivity index (χ0v) is 17.2. The molecule has 2 aromatic carbocycles. The summed E-state index contributed by atoms with van der Waals surface area (Å²) < 4.78 is 28.8. The highest BCUT2D eigenvalue weighted by atomic mass is 32.1. The number of rotatable bonds is 5. The summed E-state index contributed by atoms with van der Waals surface area (Å²) in [4.78, 5) is 33.2. The van der Waals surface area contributed by atoms with Crippen LogP contribution in [-0.2, 0) is 9.47 Å². The van der Waals surface area contributed by atoms with Gasteiger partial charge in [0.15, 0.2) is 0 Å². The first-order valence-corrected chi connectivity index (χ1v) is 9.86. The molecule has 9 heteroatoms. The Kier molecular flexibility index (Phi) is 5.59. The Morgan fingerprint density at radius 3 is 2.19 bits per heavy atom. The van der Waals surface area contributed by atoms with Gasteiger partial charge in [0.1, 0.15) is 22.7 Å². The zero-order valence-electron chi connectivity index (χ0n) is 16.4. The van der Waals surface area contributed by atoms with Gasteiger partial charge in [-0.25, -0.2) is 23.9 Å². The summed E-state index contributed by atoms with van der Waals surface area (Å²) in [5.41, 5.74) is 1.78. The lowest BCUT2D eigenvalue weighted by molar-refractivity contribution is 0.0598. The standard InChI is InChI=1S/C22H15FN2O5S/c1-28-21(26)13-7-14(22(27)29-2)9-16(8-13)30-19-18-17(10-31-20(18)25-11-24-19)12-3-5-15(23)6-4-12/h3-11H,1-2H3. The Balaban J connectivity index is 1.82. The van der Waals surface area contributed by atoms with Gasteiger partial charge in [-0.15, -0.1) is 11.3 Å². The first-order chi connectivity index (χ1) is 15.0. The molecule has 0 N–H and O–H groups in total. The fourth-order valence-corrected chi connectivity index (χ4v) is 3.91. The molecule has 0 amide bonds. The SMILES string of the molecule is COC(=O)c1cc(Oc2ncnc3scc(-c4ccc(F)cc4)c23)cc(C(=O)OC)c1. The maximum Gasteiger partial charge on any atom is 0.338 e. The van der Waals surface area contributed by atoms with E-state index in [1.165, 1.54) is 62.2 Å². The quantitative estimate of drug-likeness (QED) is 0.411. The van der Waals surface area contributed by atoms with E-state index in [-0.39, 0.29) is 28.6 Å². The summed E-state index contributed by atoms with van der Waals surface area (Å²) >= 11 is 1.39. The highest BCUT2D eigenvalue weighted by Gasteiger charge is 2.18. The van der Waals surface area contributed by atoms with Crippen LogP contribution < -0.4 is 4.74 Å². The number of methoxy groups -OCH3 is 2. The molecule has 0 unspecified atom stereocenters. The number of carbonyl (C=O) groups is 2. The zero-order chi connectivity index (χ0) is 22.0. The molecule has 0 radical (unpaired) electrons. The Morgan fingerprint density at radius 1 is 0.935 bits per heavy atom. The maximum atomic E-state index is 13.4. The van der Waals surface area contributed by atoms with Crippen molar-refractivity contribution < 1.29 is 28.2 Å². The fourth-order valence-electron chi connectivity index (χ4n) is 3.01. The van der Waals surface area contributed by atoms with Gasteiger partial charge in [-0.3, -0.25) is 0 Å². The second-order valence-corrected chi connectivity index (χ2v) is 7.20. The molecule has 0 aliphatic rings. The Hall–Kier alpha value is -3.85. The Morgan fingerprint density at radius 2 is 1.58 bits per heavy atom. The first-order valence-electron chi connectivity index (χ1n) is 8.98. The molecular formula is C22H15FN2O5S. The first kappa shape index (κ1) is 20.4. The van der Waals surface area contributed by atoms with E-state index in [1.54, 1.807) is 12.1 Å². The van der Waals surface area contributed by atoms with Crippen molar-refractivity contribution >= 4 is 33.5 Å². The number of halogens is 1. The van der Waals surface area contributed by atoms with Crippen LogP contribution in [0.5, 0.6) is 11.6 Å². The van der Waals surface area contributed by atoms with Crippen molar-refractivity contribution in [1.29, 1.82) is 0 Å². The lowest BCUT2D eigenvalue weighted by Crippen LogP contribution is -2.07. The van der Waals surface area contributed by atoms with Gasteiger partial charge in [0.25, 0.3) is 0 Å². The number of thiophene rings is 1. The number of ether oxygens (including phenoxy) is 3. The van der Waals surface area contributed by atoms with Gasteiger partial charge in [-0.1, -0.05) is 12.1 Å². The van der Waals surface area contributed by atoms with Crippen molar-refractivity contribution in [2.24, 2.45) is 0 Å². The number of aromatic nitrogens is 2. The fraction of sp³-hybridized carbons (Fsp3) is 0.0909. The van der Waals surface area contributed by atoms with Crippen LogP contribution in [-0.4, -0.2) is 36.1 Å². The van der Waals surface area contributed by atoms with Gasteiger partial charge in [-0.05, 0) is 35.9 Å². The third-order valence-electron chi connectivity index (χ3n) is 4.45. The number of carbonyl (C=O) groups excluding carboxylic acids is 2. The van der Waals surface area contributed by atoms with E-state index in [9.17, 15) is 14.0 Å². The molecule has 0 spiro atoms. The van der Waals surface area contributed by atoms with Crippen LogP contribution in [0.25, 0.3) is 21.3 Å². The van der Waals surface area contributed by atoms with Gasteiger partial charge in [-0.2, -0.15) is 0 Å². The predicted molar refractivity (Wildman–Crippen MR) is 112 cm³/mol. The maximum absolute atomic E-state index is 13.4. The Bertz CT molecular complexity index is 1250. The van der Waals surface area contributed by atoms with E-state index in [0.717, 1.165) is 11.1 Å². The molecule has 0 atom stereocenters. The monoisotopic (exact) mass is 438 g/mol. The van der Waals surface area contributed by atoms with E-state index >= 15 is 0 Å². The van der Waals surface area contributed by atoms with Crippen LogP contribution in [0.3, 0.4) is 0 Å². The van der Waals surface area contributed by atoms with Gasteiger partial charge in [0.05, 0.1) is 30.7 Å². The van der Waals surface area contributed by atoms with Gasteiger partial charge >= 0.3 is 11.9 Å².